The van der Waals surface area contributed by atoms with Crippen LogP contribution in [0.3, 0.4) is 0 Å². The Bertz CT molecular complexity index is 930. The first-order chi connectivity index (χ1) is 13.9. The number of aliphatic hydroxyl groups is 1. The third-order valence-electron chi connectivity index (χ3n) is 5.70. The van der Waals surface area contributed by atoms with Crippen LogP contribution in [0.15, 0.2) is 30.3 Å². The number of urea groups is 1. The number of halogens is 1. The van der Waals surface area contributed by atoms with Crippen molar-refractivity contribution in [2.24, 2.45) is 0 Å². The Morgan fingerprint density at radius 1 is 1.24 bits per heavy atom. The van der Waals surface area contributed by atoms with E-state index in [1.165, 1.54) is 17.0 Å². The van der Waals surface area contributed by atoms with Gasteiger partial charge in [-0.05, 0) is 43.5 Å². The number of benzene rings is 1. The first-order valence-electron chi connectivity index (χ1n) is 9.72. The molecular weight excluding hydrogens is 377 g/mol. The summed E-state index contributed by atoms with van der Waals surface area (Å²) in [7, 11) is 1.54. The molecule has 1 spiro atoms. The van der Waals surface area contributed by atoms with Crippen LogP contribution in [-0.4, -0.2) is 35.0 Å². The fraction of sp³-hybridized carbons (Fsp3) is 0.429. The zero-order valence-electron chi connectivity index (χ0n) is 16.4. The van der Waals surface area contributed by atoms with E-state index in [0.717, 1.165) is 24.8 Å². The van der Waals surface area contributed by atoms with Crippen LogP contribution in [0.25, 0.3) is 0 Å². The van der Waals surface area contributed by atoms with Crippen molar-refractivity contribution in [2.75, 3.05) is 12.0 Å². The second-order valence-electron chi connectivity index (χ2n) is 7.58. The van der Waals surface area contributed by atoms with Crippen LogP contribution in [0.5, 0.6) is 17.4 Å². The molecule has 7 nitrogen and oxygen atoms in total. The normalized spacial score (nSPS) is 20.6. The molecule has 1 aromatic carbocycles. The summed E-state index contributed by atoms with van der Waals surface area (Å²) >= 11 is 0. The molecule has 2 aromatic rings. The third kappa shape index (κ3) is 3.48. The summed E-state index contributed by atoms with van der Waals surface area (Å²) in [6.45, 7) is 1.89. The molecule has 1 aliphatic carbocycles. The van der Waals surface area contributed by atoms with Crippen molar-refractivity contribution in [3.8, 4) is 17.4 Å². The van der Waals surface area contributed by atoms with Crippen LogP contribution in [-0.2, 0) is 0 Å². The number of aromatic nitrogens is 1. The highest BCUT2D eigenvalue weighted by Crippen LogP contribution is 2.38. The summed E-state index contributed by atoms with van der Waals surface area (Å²) in [5, 5.41) is 13.8. The lowest BCUT2D eigenvalue weighted by Gasteiger charge is -2.36. The van der Waals surface area contributed by atoms with E-state index in [1.54, 1.807) is 25.3 Å². The molecule has 4 rings (SSSR count). The number of rotatable bonds is 4. The molecule has 0 bridgehead atoms. The summed E-state index contributed by atoms with van der Waals surface area (Å²) in [4.78, 5) is 17.9. The maximum absolute atomic E-state index is 14.3. The average molecular weight is 401 g/mol. The second kappa shape index (κ2) is 7.51. The van der Waals surface area contributed by atoms with E-state index < -0.39 is 23.6 Å². The van der Waals surface area contributed by atoms with E-state index in [0.29, 0.717) is 24.3 Å². The molecule has 1 atom stereocenters. The highest BCUT2D eigenvalue weighted by molar-refractivity contribution is 5.95. The molecule has 1 unspecified atom stereocenters. The number of methoxy groups -OCH3 is 1. The van der Waals surface area contributed by atoms with Crippen molar-refractivity contribution >= 4 is 11.8 Å². The number of aliphatic hydroxyl groups excluding tert-OH is 1. The van der Waals surface area contributed by atoms with Gasteiger partial charge < -0.3 is 19.9 Å². The molecule has 2 N–H and O–H groups in total. The van der Waals surface area contributed by atoms with Crippen molar-refractivity contribution in [1.29, 1.82) is 0 Å². The molecular formula is C21H24FN3O4. The van der Waals surface area contributed by atoms with Gasteiger partial charge in [-0.1, -0.05) is 25.3 Å². The summed E-state index contributed by atoms with van der Waals surface area (Å²) in [6, 6.07) is 7.21. The van der Waals surface area contributed by atoms with Gasteiger partial charge in [-0.3, -0.25) is 0 Å². The lowest BCUT2D eigenvalue weighted by Crippen LogP contribution is -2.51. The fourth-order valence-electron chi connectivity index (χ4n) is 4.09. The van der Waals surface area contributed by atoms with Crippen molar-refractivity contribution in [1.82, 2.24) is 10.3 Å². The van der Waals surface area contributed by atoms with E-state index in [2.05, 4.69) is 10.3 Å². The lowest BCUT2D eigenvalue weighted by molar-refractivity contribution is 0.0715. The van der Waals surface area contributed by atoms with E-state index >= 15 is 0 Å². The summed E-state index contributed by atoms with van der Waals surface area (Å²) < 4.78 is 25.2. The van der Waals surface area contributed by atoms with Crippen molar-refractivity contribution in [3.05, 3.63) is 41.7 Å². The van der Waals surface area contributed by atoms with E-state index in [9.17, 15) is 14.3 Å². The van der Waals surface area contributed by atoms with Crippen LogP contribution < -0.4 is 19.7 Å². The highest BCUT2D eigenvalue weighted by atomic mass is 19.1. The zero-order valence-corrected chi connectivity index (χ0v) is 16.4. The van der Waals surface area contributed by atoms with Gasteiger partial charge in [-0.2, -0.15) is 4.98 Å². The minimum absolute atomic E-state index is 0.132. The first kappa shape index (κ1) is 19.4. The Hall–Kier alpha value is -2.87. The van der Waals surface area contributed by atoms with Crippen LogP contribution in [0, 0.1) is 12.7 Å². The molecule has 1 saturated carbocycles. The number of aryl methyl sites for hydroxylation is 1. The quantitative estimate of drug-likeness (QED) is 0.812. The number of carbonyl (C=O) groups excluding carboxylic acids is 1. The highest BCUT2D eigenvalue weighted by Gasteiger charge is 2.52. The van der Waals surface area contributed by atoms with Crippen LogP contribution in [0.4, 0.5) is 15.0 Å². The SMILES string of the molecule is COc1cc(Oc2nc(N3C(=O)NC4(CCCCC4)C3O)ccc2F)ccc1C. The maximum atomic E-state index is 14.3. The van der Waals surface area contributed by atoms with Gasteiger partial charge in [0.1, 0.15) is 17.3 Å². The van der Waals surface area contributed by atoms with Gasteiger partial charge in [0.15, 0.2) is 12.0 Å². The Labute approximate surface area is 168 Å². The monoisotopic (exact) mass is 401 g/mol. The van der Waals surface area contributed by atoms with Gasteiger partial charge in [0.25, 0.3) is 5.88 Å². The fourth-order valence-corrected chi connectivity index (χ4v) is 4.09. The standard InChI is InChI=1S/C21H24FN3O4/c1-13-6-7-14(12-16(13)28-2)29-18-15(22)8-9-17(23-18)25-19(26)21(24-20(25)27)10-4-3-5-11-21/h6-9,12,19,26H,3-5,10-11H2,1-2H3,(H,24,27). The Kier molecular flexibility index (Phi) is 5.04. The van der Waals surface area contributed by atoms with Crippen molar-refractivity contribution in [2.45, 2.75) is 50.8 Å². The predicted octanol–water partition coefficient (Wildman–Crippen LogP) is 3.88. The number of pyridine rings is 1. The molecule has 8 heteroatoms. The van der Waals surface area contributed by atoms with Crippen LogP contribution >= 0.6 is 0 Å². The third-order valence-corrected chi connectivity index (χ3v) is 5.70. The van der Waals surface area contributed by atoms with Crippen molar-refractivity contribution < 1.29 is 23.8 Å². The molecule has 1 aromatic heterocycles. The number of nitrogens with zero attached hydrogens (tertiary/aromatic N) is 2. The van der Waals surface area contributed by atoms with Crippen LogP contribution in [0.1, 0.15) is 37.7 Å². The minimum Gasteiger partial charge on any atom is -0.496 e. The van der Waals surface area contributed by atoms with E-state index in [1.807, 2.05) is 6.92 Å². The number of carbonyl (C=O) groups is 1. The number of amides is 2. The molecule has 154 valence electrons. The van der Waals surface area contributed by atoms with Crippen molar-refractivity contribution in [3.63, 3.8) is 0 Å². The predicted molar refractivity (Wildman–Crippen MR) is 105 cm³/mol. The molecule has 1 aliphatic heterocycles. The van der Waals surface area contributed by atoms with Gasteiger partial charge in [0.05, 0.1) is 12.6 Å². The summed E-state index contributed by atoms with van der Waals surface area (Å²) in [6.07, 6.45) is 3.28. The van der Waals surface area contributed by atoms with Crippen LogP contribution in [0.2, 0.25) is 0 Å². The summed E-state index contributed by atoms with van der Waals surface area (Å²) in [5.41, 5.74) is 0.230. The van der Waals surface area contributed by atoms with E-state index in [-0.39, 0.29) is 11.7 Å². The zero-order chi connectivity index (χ0) is 20.6. The van der Waals surface area contributed by atoms with Gasteiger partial charge in [0.2, 0.25) is 0 Å². The first-order valence-corrected chi connectivity index (χ1v) is 9.72. The van der Waals surface area contributed by atoms with Gasteiger partial charge >= 0.3 is 6.03 Å². The average Bonchev–Trinajstić information content (AvgIpc) is 2.95. The smallest absolute Gasteiger partial charge is 0.325 e. The lowest BCUT2D eigenvalue weighted by atomic mass is 9.81. The van der Waals surface area contributed by atoms with E-state index in [4.69, 9.17) is 9.47 Å². The largest absolute Gasteiger partial charge is 0.496 e. The molecule has 2 fully saturated rings. The Morgan fingerprint density at radius 2 is 2.00 bits per heavy atom. The maximum Gasteiger partial charge on any atom is 0.325 e. The topological polar surface area (TPSA) is 83.9 Å². The number of ether oxygens (including phenoxy) is 2. The number of anilines is 1. The van der Waals surface area contributed by atoms with Gasteiger partial charge in [-0.15, -0.1) is 0 Å². The van der Waals surface area contributed by atoms with Gasteiger partial charge in [0, 0.05) is 6.07 Å². The summed E-state index contributed by atoms with van der Waals surface area (Å²) in [5.74, 6) is 0.138. The minimum atomic E-state index is -1.07. The number of hydrogen-bond donors (Lipinski definition) is 2. The molecule has 29 heavy (non-hydrogen) atoms. The molecule has 2 amide bonds. The Morgan fingerprint density at radius 3 is 2.72 bits per heavy atom. The molecule has 1 saturated heterocycles. The molecule has 2 aliphatic rings. The second-order valence-corrected chi connectivity index (χ2v) is 7.58. The molecule has 0 radical (unpaired) electrons. The Balaban J connectivity index is 1.62. The molecule has 2 heterocycles. The number of nitrogens with one attached hydrogen (secondary N) is 1. The number of hydrogen-bond acceptors (Lipinski definition) is 5. The van der Waals surface area contributed by atoms with Gasteiger partial charge in [-0.25, -0.2) is 14.1 Å².